The number of nitro groups is 1. The number of methoxy groups -OCH3 is 1. The summed E-state index contributed by atoms with van der Waals surface area (Å²) in [6.07, 6.45) is 1.57. The van der Waals surface area contributed by atoms with Crippen LogP contribution >= 0.6 is 11.3 Å². The summed E-state index contributed by atoms with van der Waals surface area (Å²) >= 11 is 1.36. The van der Waals surface area contributed by atoms with Gasteiger partial charge in [-0.3, -0.25) is 24.7 Å². The molecule has 0 radical (unpaired) electrons. The first-order chi connectivity index (χ1) is 14.5. The molecule has 0 bridgehead atoms. The zero-order chi connectivity index (χ0) is 21.5. The molecule has 3 aromatic rings. The van der Waals surface area contributed by atoms with E-state index in [0.717, 1.165) is 0 Å². The van der Waals surface area contributed by atoms with Gasteiger partial charge in [-0.2, -0.15) is 0 Å². The number of ether oxygens (including phenoxy) is 2. The summed E-state index contributed by atoms with van der Waals surface area (Å²) in [5, 5.41) is 15.7. The molecule has 154 valence electrons. The number of non-ortho nitro benzene ring substituents is 1. The van der Waals surface area contributed by atoms with Crippen molar-refractivity contribution in [3.05, 3.63) is 63.8 Å². The fraction of sp³-hybridized carbons (Fsp3) is 0.158. The maximum absolute atomic E-state index is 12.0. The molecule has 1 aromatic carbocycles. The molecule has 2 aromatic heterocycles. The van der Waals surface area contributed by atoms with Crippen LogP contribution in [0.1, 0.15) is 5.69 Å². The molecule has 0 saturated heterocycles. The minimum absolute atomic E-state index is 0.0858. The van der Waals surface area contributed by atoms with E-state index in [9.17, 15) is 19.7 Å². The van der Waals surface area contributed by atoms with Gasteiger partial charge in [0.1, 0.15) is 10.8 Å². The molecule has 1 amide bonds. The van der Waals surface area contributed by atoms with Crippen molar-refractivity contribution in [1.29, 1.82) is 0 Å². The van der Waals surface area contributed by atoms with Gasteiger partial charge in [0.05, 0.1) is 41.6 Å². The number of benzene rings is 1. The second-order valence-corrected chi connectivity index (χ2v) is 6.74. The Labute approximate surface area is 174 Å². The van der Waals surface area contributed by atoms with Crippen LogP contribution in [0.5, 0.6) is 5.75 Å². The molecule has 0 aliphatic heterocycles. The number of amides is 1. The van der Waals surface area contributed by atoms with Crippen molar-refractivity contribution >= 4 is 34.6 Å². The third-order valence-electron chi connectivity index (χ3n) is 3.80. The van der Waals surface area contributed by atoms with E-state index >= 15 is 0 Å². The number of aromatic nitrogens is 2. The minimum Gasteiger partial charge on any atom is -0.494 e. The van der Waals surface area contributed by atoms with Crippen molar-refractivity contribution < 1.29 is 24.0 Å². The minimum atomic E-state index is -0.612. The number of hydrogen-bond donors (Lipinski definition) is 1. The number of thiazole rings is 1. The average molecular weight is 428 g/mol. The summed E-state index contributed by atoms with van der Waals surface area (Å²) in [6, 6.07) is 9.21. The van der Waals surface area contributed by atoms with Gasteiger partial charge in [0.2, 0.25) is 0 Å². The third kappa shape index (κ3) is 5.35. The number of rotatable bonds is 8. The first-order valence-corrected chi connectivity index (χ1v) is 9.48. The summed E-state index contributed by atoms with van der Waals surface area (Å²) in [5.41, 5.74) is 1.27. The van der Waals surface area contributed by atoms with E-state index < -0.39 is 23.4 Å². The van der Waals surface area contributed by atoms with Crippen LogP contribution in [-0.2, 0) is 20.7 Å². The molecule has 0 unspecified atom stereocenters. The van der Waals surface area contributed by atoms with Crippen LogP contribution in [0, 0.1) is 10.1 Å². The monoisotopic (exact) mass is 428 g/mol. The van der Waals surface area contributed by atoms with Crippen molar-refractivity contribution in [2.75, 3.05) is 19.0 Å². The van der Waals surface area contributed by atoms with Crippen LogP contribution in [0.15, 0.2) is 48.0 Å². The maximum atomic E-state index is 12.0. The zero-order valence-corrected chi connectivity index (χ0v) is 16.5. The highest BCUT2D eigenvalue weighted by Gasteiger charge is 2.15. The fourth-order valence-corrected chi connectivity index (χ4v) is 3.22. The topological polar surface area (TPSA) is 134 Å². The van der Waals surface area contributed by atoms with Gasteiger partial charge in [-0.25, -0.2) is 4.98 Å². The highest BCUT2D eigenvalue weighted by atomic mass is 32.1. The van der Waals surface area contributed by atoms with E-state index in [-0.39, 0.29) is 23.5 Å². The summed E-state index contributed by atoms with van der Waals surface area (Å²) in [5.74, 6) is -1.10. The molecule has 0 atom stereocenters. The lowest BCUT2D eigenvalue weighted by molar-refractivity contribution is -0.384. The highest BCUT2D eigenvalue weighted by molar-refractivity contribution is 7.13. The summed E-state index contributed by atoms with van der Waals surface area (Å²) in [6.45, 7) is -0.518. The number of nitrogens with one attached hydrogen (secondary N) is 1. The molecule has 10 nitrogen and oxygen atoms in total. The van der Waals surface area contributed by atoms with Crippen LogP contribution in [0.2, 0.25) is 0 Å². The SMILES string of the molecule is COc1cc([N+](=O)[O-])ccc1NC(=O)COC(=O)Cc1csc(-c2ccccn2)n1. The van der Waals surface area contributed by atoms with Gasteiger partial charge in [0.15, 0.2) is 6.61 Å². The third-order valence-corrected chi connectivity index (χ3v) is 4.71. The van der Waals surface area contributed by atoms with Crippen LogP contribution in [0.4, 0.5) is 11.4 Å². The Bertz CT molecular complexity index is 1070. The zero-order valence-electron chi connectivity index (χ0n) is 15.7. The molecule has 0 fully saturated rings. The summed E-state index contributed by atoms with van der Waals surface area (Å²) in [4.78, 5) is 42.8. The standard InChI is InChI=1S/C19H16N4O6S/c1-28-16-9-13(23(26)27)5-6-14(16)22-17(24)10-29-18(25)8-12-11-30-19(21-12)15-4-2-3-7-20-15/h2-7,9,11H,8,10H2,1H3,(H,22,24). The molecular weight excluding hydrogens is 412 g/mol. The van der Waals surface area contributed by atoms with E-state index in [2.05, 4.69) is 15.3 Å². The Hall–Kier alpha value is -3.86. The second-order valence-electron chi connectivity index (χ2n) is 5.89. The van der Waals surface area contributed by atoms with Crippen LogP contribution in [-0.4, -0.2) is 40.5 Å². The van der Waals surface area contributed by atoms with Gasteiger partial charge in [-0.15, -0.1) is 11.3 Å². The van der Waals surface area contributed by atoms with Crippen LogP contribution < -0.4 is 10.1 Å². The van der Waals surface area contributed by atoms with Crippen LogP contribution in [0.25, 0.3) is 10.7 Å². The number of anilines is 1. The molecule has 1 N–H and O–H groups in total. The Kier molecular flexibility index (Phi) is 6.65. The summed E-state index contributed by atoms with van der Waals surface area (Å²) in [7, 11) is 1.32. The predicted molar refractivity (Wildman–Crippen MR) is 108 cm³/mol. The second kappa shape index (κ2) is 9.56. The first kappa shape index (κ1) is 20.9. The van der Waals surface area contributed by atoms with E-state index in [1.54, 1.807) is 17.6 Å². The van der Waals surface area contributed by atoms with Crippen LogP contribution in [0.3, 0.4) is 0 Å². The molecule has 0 spiro atoms. The van der Waals surface area contributed by atoms with Gasteiger partial charge < -0.3 is 14.8 Å². The van der Waals surface area contributed by atoms with Crippen molar-refractivity contribution in [3.63, 3.8) is 0 Å². The number of nitro benzene ring substituents is 1. The quantitative estimate of drug-likeness (QED) is 0.329. The molecule has 0 aliphatic carbocycles. The van der Waals surface area contributed by atoms with E-state index in [1.807, 2.05) is 12.1 Å². The molecule has 3 rings (SSSR count). The normalized spacial score (nSPS) is 10.3. The smallest absolute Gasteiger partial charge is 0.312 e. The largest absolute Gasteiger partial charge is 0.494 e. The van der Waals surface area contributed by atoms with E-state index in [0.29, 0.717) is 16.4 Å². The Morgan fingerprint density at radius 2 is 2.10 bits per heavy atom. The summed E-state index contributed by atoms with van der Waals surface area (Å²) < 4.78 is 10.0. The van der Waals surface area contributed by atoms with Gasteiger partial charge in [0.25, 0.3) is 11.6 Å². The molecule has 0 saturated carbocycles. The Balaban J connectivity index is 1.52. The molecule has 30 heavy (non-hydrogen) atoms. The number of carbonyl (C=O) groups is 2. The molecule has 0 aliphatic rings. The highest BCUT2D eigenvalue weighted by Crippen LogP contribution is 2.29. The number of nitrogens with zero attached hydrogens (tertiary/aromatic N) is 3. The van der Waals surface area contributed by atoms with E-state index in [1.165, 1.54) is 36.6 Å². The van der Waals surface area contributed by atoms with Gasteiger partial charge in [-0.05, 0) is 18.2 Å². The molecular formula is C19H16N4O6S. The lowest BCUT2D eigenvalue weighted by Crippen LogP contribution is -2.22. The van der Waals surface area contributed by atoms with Crippen molar-refractivity contribution in [2.45, 2.75) is 6.42 Å². The number of carbonyl (C=O) groups excluding carboxylic acids is 2. The maximum Gasteiger partial charge on any atom is 0.312 e. The number of pyridine rings is 1. The average Bonchev–Trinajstić information content (AvgIpc) is 3.21. The Morgan fingerprint density at radius 3 is 2.80 bits per heavy atom. The first-order valence-electron chi connectivity index (χ1n) is 8.60. The van der Waals surface area contributed by atoms with Gasteiger partial charge >= 0.3 is 5.97 Å². The fourth-order valence-electron chi connectivity index (χ4n) is 2.42. The van der Waals surface area contributed by atoms with Crippen molar-refractivity contribution in [3.8, 4) is 16.5 Å². The predicted octanol–water partition coefficient (Wildman–Crippen LogP) is 2.85. The lowest BCUT2D eigenvalue weighted by atomic mass is 10.2. The van der Waals surface area contributed by atoms with Crippen molar-refractivity contribution in [1.82, 2.24) is 9.97 Å². The Morgan fingerprint density at radius 1 is 1.27 bits per heavy atom. The molecule has 11 heteroatoms. The van der Waals surface area contributed by atoms with Gasteiger partial charge in [0, 0.05) is 17.6 Å². The number of hydrogen-bond acceptors (Lipinski definition) is 9. The molecule has 2 heterocycles. The van der Waals surface area contributed by atoms with E-state index in [4.69, 9.17) is 9.47 Å². The number of esters is 1. The van der Waals surface area contributed by atoms with Gasteiger partial charge in [-0.1, -0.05) is 6.07 Å². The van der Waals surface area contributed by atoms with Crippen molar-refractivity contribution in [2.24, 2.45) is 0 Å². The lowest BCUT2D eigenvalue weighted by Gasteiger charge is -2.10.